The Balaban J connectivity index is 2.84. The SMILES string of the molecule is NCc1ccc(C(=O)CO)cc1. The number of hydrogen-bond acceptors (Lipinski definition) is 3. The summed E-state index contributed by atoms with van der Waals surface area (Å²) in [6.45, 7) is 0.0234. The molecule has 0 bridgehead atoms. The molecule has 0 aromatic heterocycles. The van der Waals surface area contributed by atoms with Gasteiger partial charge < -0.3 is 10.8 Å². The van der Waals surface area contributed by atoms with Crippen LogP contribution in [0.4, 0.5) is 0 Å². The normalized spacial score (nSPS) is 9.83. The van der Waals surface area contributed by atoms with Gasteiger partial charge in [0.1, 0.15) is 6.61 Å². The molecule has 3 heteroatoms. The number of ketones is 1. The summed E-state index contributed by atoms with van der Waals surface area (Å²) < 4.78 is 0. The van der Waals surface area contributed by atoms with Crippen molar-refractivity contribution < 1.29 is 9.90 Å². The van der Waals surface area contributed by atoms with Crippen molar-refractivity contribution in [3.05, 3.63) is 35.4 Å². The van der Waals surface area contributed by atoms with Crippen molar-refractivity contribution >= 4 is 5.78 Å². The number of carbonyl (C=O) groups is 1. The summed E-state index contributed by atoms with van der Waals surface area (Å²) in [7, 11) is 0. The van der Waals surface area contributed by atoms with E-state index in [0.29, 0.717) is 12.1 Å². The van der Waals surface area contributed by atoms with Crippen molar-refractivity contribution in [2.24, 2.45) is 5.73 Å². The van der Waals surface area contributed by atoms with E-state index >= 15 is 0 Å². The van der Waals surface area contributed by atoms with E-state index in [-0.39, 0.29) is 5.78 Å². The summed E-state index contributed by atoms with van der Waals surface area (Å²) in [5.41, 5.74) is 6.87. The van der Waals surface area contributed by atoms with Gasteiger partial charge in [-0.3, -0.25) is 4.79 Å². The Bertz CT molecular complexity index is 266. The topological polar surface area (TPSA) is 63.3 Å². The van der Waals surface area contributed by atoms with Crippen LogP contribution in [0.15, 0.2) is 24.3 Å². The van der Waals surface area contributed by atoms with Crippen molar-refractivity contribution in [3.8, 4) is 0 Å². The molecule has 0 fully saturated rings. The van der Waals surface area contributed by atoms with E-state index in [9.17, 15) is 4.79 Å². The summed E-state index contributed by atoms with van der Waals surface area (Å²) in [6.07, 6.45) is 0. The van der Waals surface area contributed by atoms with Crippen molar-refractivity contribution in [1.29, 1.82) is 0 Å². The van der Waals surface area contributed by atoms with Gasteiger partial charge in [0, 0.05) is 12.1 Å². The van der Waals surface area contributed by atoms with E-state index < -0.39 is 6.61 Å². The highest BCUT2D eigenvalue weighted by Gasteiger charge is 2.01. The van der Waals surface area contributed by atoms with Crippen LogP contribution >= 0.6 is 0 Å². The molecule has 0 amide bonds. The quantitative estimate of drug-likeness (QED) is 0.634. The zero-order valence-electron chi connectivity index (χ0n) is 6.66. The molecular weight excluding hydrogens is 154 g/mol. The second-order valence-electron chi connectivity index (χ2n) is 2.48. The van der Waals surface area contributed by atoms with Gasteiger partial charge in [0.2, 0.25) is 0 Å². The Hall–Kier alpha value is -1.19. The maximum atomic E-state index is 10.9. The second-order valence-corrected chi connectivity index (χ2v) is 2.48. The lowest BCUT2D eigenvalue weighted by Gasteiger charge is -1.98. The maximum Gasteiger partial charge on any atom is 0.188 e. The average Bonchev–Trinajstić information content (AvgIpc) is 2.17. The van der Waals surface area contributed by atoms with Crippen molar-refractivity contribution in [1.82, 2.24) is 0 Å². The summed E-state index contributed by atoms with van der Waals surface area (Å²) in [4.78, 5) is 10.9. The molecule has 0 aliphatic heterocycles. The fraction of sp³-hybridized carbons (Fsp3) is 0.222. The third-order valence-corrected chi connectivity index (χ3v) is 1.66. The lowest BCUT2D eigenvalue weighted by atomic mass is 10.1. The van der Waals surface area contributed by atoms with E-state index in [2.05, 4.69) is 0 Å². The van der Waals surface area contributed by atoms with Crippen LogP contribution in [0.3, 0.4) is 0 Å². The molecule has 0 unspecified atom stereocenters. The van der Waals surface area contributed by atoms with Gasteiger partial charge in [-0.05, 0) is 5.56 Å². The Morgan fingerprint density at radius 1 is 1.33 bits per heavy atom. The highest BCUT2D eigenvalue weighted by Crippen LogP contribution is 2.03. The zero-order chi connectivity index (χ0) is 8.97. The molecule has 3 nitrogen and oxygen atoms in total. The minimum atomic E-state index is -0.442. The van der Waals surface area contributed by atoms with Crippen LogP contribution < -0.4 is 5.73 Å². The van der Waals surface area contributed by atoms with Gasteiger partial charge in [-0.1, -0.05) is 24.3 Å². The number of aliphatic hydroxyl groups excluding tert-OH is 1. The molecule has 1 aromatic rings. The number of carbonyl (C=O) groups excluding carboxylic acids is 1. The van der Waals surface area contributed by atoms with E-state index in [4.69, 9.17) is 10.8 Å². The lowest BCUT2D eigenvalue weighted by Crippen LogP contribution is -2.04. The zero-order valence-corrected chi connectivity index (χ0v) is 6.66. The summed E-state index contributed by atoms with van der Waals surface area (Å²) >= 11 is 0. The smallest absolute Gasteiger partial charge is 0.188 e. The summed E-state index contributed by atoms with van der Waals surface area (Å²) in [5, 5.41) is 8.54. The third-order valence-electron chi connectivity index (χ3n) is 1.66. The number of Topliss-reactive ketones (excluding diaryl/α,β-unsaturated/α-hetero) is 1. The lowest BCUT2D eigenvalue weighted by molar-refractivity contribution is 0.0904. The van der Waals surface area contributed by atoms with E-state index in [1.54, 1.807) is 24.3 Å². The van der Waals surface area contributed by atoms with Crippen LogP contribution in [-0.2, 0) is 6.54 Å². The van der Waals surface area contributed by atoms with Gasteiger partial charge in [-0.2, -0.15) is 0 Å². The monoisotopic (exact) mass is 165 g/mol. The van der Waals surface area contributed by atoms with Crippen LogP contribution in [0.1, 0.15) is 15.9 Å². The molecule has 0 atom stereocenters. The fourth-order valence-electron chi connectivity index (χ4n) is 0.918. The minimum Gasteiger partial charge on any atom is -0.388 e. The Labute approximate surface area is 70.8 Å². The fourth-order valence-corrected chi connectivity index (χ4v) is 0.918. The Morgan fingerprint density at radius 2 is 1.92 bits per heavy atom. The minimum absolute atomic E-state index is 0.265. The van der Waals surface area contributed by atoms with Crippen LogP contribution in [0.5, 0.6) is 0 Å². The first-order valence-electron chi connectivity index (χ1n) is 3.71. The Kier molecular flexibility index (Phi) is 2.96. The molecule has 0 spiro atoms. The average molecular weight is 165 g/mol. The van der Waals surface area contributed by atoms with Crippen molar-refractivity contribution in [2.75, 3.05) is 6.61 Å². The van der Waals surface area contributed by atoms with Crippen LogP contribution in [0.2, 0.25) is 0 Å². The molecule has 12 heavy (non-hydrogen) atoms. The number of nitrogens with two attached hydrogens (primary N) is 1. The molecule has 0 radical (unpaired) electrons. The van der Waals surface area contributed by atoms with Crippen LogP contribution in [0.25, 0.3) is 0 Å². The van der Waals surface area contributed by atoms with E-state index in [1.807, 2.05) is 0 Å². The first-order valence-corrected chi connectivity index (χ1v) is 3.71. The Morgan fingerprint density at radius 3 is 2.33 bits per heavy atom. The predicted octanol–water partition coefficient (Wildman–Crippen LogP) is 0.320. The number of hydrogen-bond donors (Lipinski definition) is 2. The molecule has 0 saturated heterocycles. The summed E-state index contributed by atoms with van der Waals surface area (Å²) in [6, 6.07) is 6.90. The van der Waals surface area contributed by atoms with E-state index in [0.717, 1.165) is 5.56 Å². The summed E-state index contributed by atoms with van der Waals surface area (Å²) in [5.74, 6) is -0.265. The molecule has 3 N–H and O–H groups in total. The largest absolute Gasteiger partial charge is 0.388 e. The molecular formula is C9H11NO2. The molecule has 64 valence electrons. The second kappa shape index (κ2) is 3.99. The number of benzene rings is 1. The molecule has 0 aliphatic carbocycles. The predicted molar refractivity (Wildman–Crippen MR) is 45.7 cm³/mol. The first-order chi connectivity index (χ1) is 5.77. The molecule has 1 aromatic carbocycles. The van der Waals surface area contributed by atoms with Crippen molar-refractivity contribution in [3.63, 3.8) is 0 Å². The molecule has 0 aliphatic rings. The standard InChI is InChI=1S/C9H11NO2/c10-5-7-1-3-8(4-2-7)9(12)6-11/h1-4,11H,5-6,10H2. The van der Waals surface area contributed by atoms with Gasteiger partial charge in [0.25, 0.3) is 0 Å². The van der Waals surface area contributed by atoms with Crippen LogP contribution in [0, 0.1) is 0 Å². The highest BCUT2D eigenvalue weighted by molar-refractivity contribution is 5.96. The highest BCUT2D eigenvalue weighted by atomic mass is 16.3. The number of rotatable bonds is 3. The first kappa shape index (κ1) is 8.90. The third kappa shape index (κ3) is 1.90. The van der Waals surface area contributed by atoms with Crippen molar-refractivity contribution in [2.45, 2.75) is 6.54 Å². The van der Waals surface area contributed by atoms with Gasteiger partial charge in [-0.25, -0.2) is 0 Å². The van der Waals surface area contributed by atoms with Gasteiger partial charge in [0.05, 0.1) is 0 Å². The van der Waals surface area contributed by atoms with E-state index in [1.165, 1.54) is 0 Å². The van der Waals surface area contributed by atoms with Gasteiger partial charge in [0.15, 0.2) is 5.78 Å². The molecule has 0 saturated carbocycles. The maximum absolute atomic E-state index is 10.9. The van der Waals surface area contributed by atoms with Crippen LogP contribution in [-0.4, -0.2) is 17.5 Å². The molecule has 1 rings (SSSR count). The number of aliphatic hydroxyl groups is 1. The van der Waals surface area contributed by atoms with Gasteiger partial charge >= 0.3 is 0 Å². The van der Waals surface area contributed by atoms with Gasteiger partial charge in [-0.15, -0.1) is 0 Å². The molecule has 0 heterocycles.